The number of hydrogen-bond acceptors (Lipinski definition) is 4. The van der Waals surface area contributed by atoms with E-state index in [1.807, 2.05) is 0 Å². The van der Waals surface area contributed by atoms with E-state index in [-0.39, 0.29) is 6.54 Å². The van der Waals surface area contributed by atoms with Crippen LogP contribution in [0.25, 0.3) is 0 Å². The van der Waals surface area contributed by atoms with E-state index in [1.165, 1.54) is 6.92 Å². The Labute approximate surface area is 109 Å². The highest BCUT2D eigenvalue weighted by molar-refractivity contribution is 7.92. The summed E-state index contributed by atoms with van der Waals surface area (Å²) in [7, 11) is -3.38. The third-order valence-corrected chi connectivity index (χ3v) is 5.31. The lowest BCUT2D eigenvalue weighted by molar-refractivity contribution is -0.122. The van der Waals surface area contributed by atoms with Crippen LogP contribution in [-0.2, 0) is 14.6 Å². The highest BCUT2D eigenvalue weighted by Gasteiger charge is 2.33. The highest BCUT2D eigenvalue weighted by atomic mass is 32.2. The van der Waals surface area contributed by atoms with Crippen molar-refractivity contribution in [3.05, 3.63) is 0 Å². The fourth-order valence-electron chi connectivity index (χ4n) is 2.07. The second kappa shape index (κ2) is 5.57. The van der Waals surface area contributed by atoms with Crippen LogP contribution in [0.5, 0.6) is 0 Å². The maximum atomic E-state index is 11.6. The quantitative estimate of drug-likeness (QED) is 0.783. The lowest BCUT2D eigenvalue weighted by Crippen LogP contribution is -2.48. The molecular formula is C12H23NO4S. The van der Waals surface area contributed by atoms with Crippen molar-refractivity contribution in [1.29, 1.82) is 0 Å². The number of sulfone groups is 1. The van der Waals surface area contributed by atoms with Crippen molar-refractivity contribution in [3.8, 4) is 0 Å². The maximum Gasteiger partial charge on any atom is 0.238 e. The van der Waals surface area contributed by atoms with Crippen LogP contribution in [-0.4, -0.2) is 43.1 Å². The summed E-state index contributed by atoms with van der Waals surface area (Å²) in [6.07, 6.45) is 4.22. The SMILES string of the molecule is CC1CCC(O)(CNC(=O)C(C)S(C)(=O)=O)CC1. The first-order valence-electron chi connectivity index (χ1n) is 6.33. The Balaban J connectivity index is 2.48. The molecule has 0 aromatic heterocycles. The molecule has 1 atom stereocenters. The van der Waals surface area contributed by atoms with E-state index in [9.17, 15) is 18.3 Å². The van der Waals surface area contributed by atoms with Crippen LogP contribution in [0, 0.1) is 5.92 Å². The minimum Gasteiger partial charge on any atom is -0.388 e. The zero-order valence-electron chi connectivity index (χ0n) is 11.3. The van der Waals surface area contributed by atoms with Gasteiger partial charge in [0.2, 0.25) is 5.91 Å². The van der Waals surface area contributed by atoms with Gasteiger partial charge < -0.3 is 10.4 Å². The van der Waals surface area contributed by atoms with Gasteiger partial charge in [0, 0.05) is 12.8 Å². The first-order chi connectivity index (χ1) is 8.14. The van der Waals surface area contributed by atoms with Crippen molar-refractivity contribution in [1.82, 2.24) is 5.32 Å². The van der Waals surface area contributed by atoms with Gasteiger partial charge in [-0.15, -0.1) is 0 Å². The molecule has 106 valence electrons. The molecule has 1 fully saturated rings. The molecule has 0 heterocycles. The lowest BCUT2D eigenvalue weighted by Gasteiger charge is -2.35. The monoisotopic (exact) mass is 277 g/mol. The molecule has 1 saturated carbocycles. The molecular weight excluding hydrogens is 254 g/mol. The summed E-state index contributed by atoms with van der Waals surface area (Å²) in [6.45, 7) is 3.64. The molecule has 6 heteroatoms. The smallest absolute Gasteiger partial charge is 0.238 e. The molecule has 1 amide bonds. The predicted octanol–water partition coefficient (Wildman–Crippen LogP) is 0.477. The van der Waals surface area contributed by atoms with Crippen LogP contribution >= 0.6 is 0 Å². The molecule has 0 aliphatic heterocycles. The predicted molar refractivity (Wildman–Crippen MR) is 69.9 cm³/mol. The Bertz CT molecular complexity index is 396. The number of amides is 1. The molecule has 1 unspecified atom stereocenters. The number of carbonyl (C=O) groups excluding carboxylic acids is 1. The zero-order valence-corrected chi connectivity index (χ0v) is 12.1. The average Bonchev–Trinajstić information content (AvgIpc) is 2.28. The van der Waals surface area contributed by atoms with Crippen molar-refractivity contribution in [2.24, 2.45) is 5.92 Å². The van der Waals surface area contributed by atoms with Crippen LogP contribution in [0.15, 0.2) is 0 Å². The summed E-state index contributed by atoms with van der Waals surface area (Å²) in [6, 6.07) is 0. The topological polar surface area (TPSA) is 83.5 Å². The normalized spacial score (nSPS) is 30.8. The Morgan fingerprint density at radius 3 is 2.39 bits per heavy atom. The molecule has 1 aliphatic carbocycles. The number of carbonyl (C=O) groups is 1. The van der Waals surface area contributed by atoms with Crippen LogP contribution in [0.4, 0.5) is 0 Å². The van der Waals surface area contributed by atoms with E-state index < -0.39 is 26.6 Å². The molecule has 5 nitrogen and oxygen atoms in total. The van der Waals surface area contributed by atoms with Crippen molar-refractivity contribution >= 4 is 15.7 Å². The van der Waals surface area contributed by atoms with E-state index in [4.69, 9.17) is 0 Å². The molecule has 0 saturated heterocycles. The minimum atomic E-state index is -3.38. The lowest BCUT2D eigenvalue weighted by atomic mass is 9.79. The second-order valence-electron chi connectivity index (χ2n) is 5.60. The van der Waals surface area contributed by atoms with Crippen molar-refractivity contribution < 1.29 is 18.3 Å². The van der Waals surface area contributed by atoms with Crippen LogP contribution in [0.1, 0.15) is 39.5 Å². The largest absolute Gasteiger partial charge is 0.388 e. The van der Waals surface area contributed by atoms with Crippen LogP contribution in [0.2, 0.25) is 0 Å². The molecule has 1 rings (SSSR count). The highest BCUT2D eigenvalue weighted by Crippen LogP contribution is 2.31. The molecule has 0 spiro atoms. The molecule has 2 N–H and O–H groups in total. The summed E-state index contributed by atoms with van der Waals surface area (Å²) < 4.78 is 22.4. The van der Waals surface area contributed by atoms with Gasteiger partial charge >= 0.3 is 0 Å². The second-order valence-corrected chi connectivity index (χ2v) is 7.96. The molecule has 0 bridgehead atoms. The Hall–Kier alpha value is -0.620. The van der Waals surface area contributed by atoms with Gasteiger partial charge in [0.1, 0.15) is 5.25 Å². The van der Waals surface area contributed by atoms with E-state index in [2.05, 4.69) is 12.2 Å². The van der Waals surface area contributed by atoms with Gasteiger partial charge in [-0.25, -0.2) is 8.42 Å². The van der Waals surface area contributed by atoms with Gasteiger partial charge in [-0.3, -0.25) is 4.79 Å². The summed E-state index contributed by atoms with van der Waals surface area (Å²) >= 11 is 0. The number of aliphatic hydroxyl groups is 1. The number of nitrogens with one attached hydrogen (secondary N) is 1. The summed E-state index contributed by atoms with van der Waals surface area (Å²) in [4.78, 5) is 11.6. The van der Waals surface area contributed by atoms with Crippen molar-refractivity contribution in [2.75, 3.05) is 12.8 Å². The van der Waals surface area contributed by atoms with Gasteiger partial charge in [0.05, 0.1) is 5.60 Å². The van der Waals surface area contributed by atoms with Gasteiger partial charge in [0.25, 0.3) is 0 Å². The van der Waals surface area contributed by atoms with E-state index in [1.54, 1.807) is 0 Å². The first-order valence-corrected chi connectivity index (χ1v) is 8.28. The molecule has 18 heavy (non-hydrogen) atoms. The van der Waals surface area contributed by atoms with Gasteiger partial charge in [-0.2, -0.15) is 0 Å². The molecule has 0 aromatic carbocycles. The van der Waals surface area contributed by atoms with Crippen LogP contribution < -0.4 is 5.32 Å². The Morgan fingerprint density at radius 2 is 1.94 bits per heavy atom. The standard InChI is InChI=1S/C12H23NO4S/c1-9-4-6-12(15,7-5-9)8-13-11(14)10(2)18(3,16)17/h9-10,15H,4-8H2,1-3H3,(H,13,14). The van der Waals surface area contributed by atoms with Gasteiger partial charge in [0.15, 0.2) is 9.84 Å². The number of hydrogen-bond donors (Lipinski definition) is 2. The fraction of sp³-hybridized carbons (Fsp3) is 0.917. The third-order valence-electron chi connectivity index (χ3n) is 3.81. The molecule has 1 aliphatic rings. The molecule has 0 radical (unpaired) electrons. The van der Waals surface area contributed by atoms with E-state index >= 15 is 0 Å². The first kappa shape index (κ1) is 15.4. The van der Waals surface area contributed by atoms with Gasteiger partial charge in [-0.1, -0.05) is 6.92 Å². The fourth-order valence-corrected chi connectivity index (χ4v) is 2.54. The van der Waals surface area contributed by atoms with E-state index in [0.717, 1.165) is 19.1 Å². The van der Waals surface area contributed by atoms with Crippen LogP contribution in [0.3, 0.4) is 0 Å². The minimum absolute atomic E-state index is 0.137. The third kappa shape index (κ3) is 4.24. The van der Waals surface area contributed by atoms with Crippen molar-refractivity contribution in [3.63, 3.8) is 0 Å². The maximum absolute atomic E-state index is 11.6. The summed E-state index contributed by atoms with van der Waals surface area (Å²) in [5.41, 5.74) is -0.876. The summed E-state index contributed by atoms with van der Waals surface area (Å²) in [5.74, 6) is 0.0699. The van der Waals surface area contributed by atoms with E-state index in [0.29, 0.717) is 18.8 Å². The average molecular weight is 277 g/mol. The Kier molecular flexibility index (Phi) is 4.78. The zero-order chi connectivity index (χ0) is 14.0. The van der Waals surface area contributed by atoms with Crippen molar-refractivity contribution in [2.45, 2.75) is 50.4 Å². The summed E-state index contributed by atoms with van der Waals surface area (Å²) in [5, 5.41) is 11.7. The Morgan fingerprint density at radius 1 is 1.44 bits per heavy atom. The molecule has 0 aromatic rings. The number of rotatable bonds is 4. The van der Waals surface area contributed by atoms with Gasteiger partial charge in [-0.05, 0) is 38.5 Å².